The van der Waals surface area contributed by atoms with Gasteiger partial charge in [-0.05, 0) is 31.2 Å². The second-order valence-corrected chi connectivity index (χ2v) is 5.60. The summed E-state index contributed by atoms with van der Waals surface area (Å²) in [5.41, 5.74) is 0.650. The van der Waals surface area contributed by atoms with Crippen molar-refractivity contribution in [1.82, 2.24) is 4.90 Å². The number of benzene rings is 2. The fourth-order valence-electron chi connectivity index (χ4n) is 2.48. The second kappa shape index (κ2) is 9.28. The van der Waals surface area contributed by atoms with Gasteiger partial charge in [-0.3, -0.25) is 4.90 Å². The van der Waals surface area contributed by atoms with Gasteiger partial charge in [0.2, 0.25) is 0 Å². The molecule has 0 saturated heterocycles. The fourth-order valence-corrected chi connectivity index (χ4v) is 2.48. The Balaban J connectivity index is 1.87. The lowest BCUT2D eigenvalue weighted by atomic mass is 10.2. The van der Waals surface area contributed by atoms with Gasteiger partial charge in [-0.1, -0.05) is 43.3 Å². The molecule has 2 aromatic rings. The monoisotopic (exact) mass is 317 g/mol. The van der Waals surface area contributed by atoms with E-state index in [1.165, 1.54) is 6.07 Å². The highest BCUT2D eigenvalue weighted by molar-refractivity contribution is 5.21. The van der Waals surface area contributed by atoms with Crippen molar-refractivity contribution in [2.75, 3.05) is 19.7 Å². The Hall–Kier alpha value is -1.91. The van der Waals surface area contributed by atoms with Crippen LogP contribution in [0, 0.1) is 5.82 Å². The fraction of sp³-hybridized carbons (Fsp3) is 0.368. The average molecular weight is 317 g/mol. The van der Waals surface area contributed by atoms with Crippen molar-refractivity contribution in [1.29, 1.82) is 0 Å². The Bertz CT molecular complexity index is 577. The molecule has 0 spiro atoms. The number of para-hydroxylation sites is 1. The van der Waals surface area contributed by atoms with Crippen LogP contribution in [0.15, 0.2) is 54.6 Å². The smallest absolute Gasteiger partial charge is 0.127 e. The van der Waals surface area contributed by atoms with E-state index in [-0.39, 0.29) is 12.4 Å². The van der Waals surface area contributed by atoms with Crippen LogP contribution >= 0.6 is 0 Å². The molecule has 0 aliphatic rings. The SMILES string of the molecule is CCCN(Cc1ccccc1F)CC(O)COc1ccccc1. The van der Waals surface area contributed by atoms with E-state index in [1.807, 2.05) is 36.4 Å². The molecule has 1 N–H and O–H groups in total. The topological polar surface area (TPSA) is 32.7 Å². The van der Waals surface area contributed by atoms with Gasteiger partial charge < -0.3 is 9.84 Å². The van der Waals surface area contributed by atoms with E-state index in [2.05, 4.69) is 11.8 Å². The maximum Gasteiger partial charge on any atom is 0.127 e. The molecule has 3 nitrogen and oxygen atoms in total. The van der Waals surface area contributed by atoms with Gasteiger partial charge in [-0.25, -0.2) is 4.39 Å². The summed E-state index contributed by atoms with van der Waals surface area (Å²) < 4.78 is 19.4. The summed E-state index contributed by atoms with van der Waals surface area (Å²) in [6, 6.07) is 16.2. The predicted molar refractivity (Wildman–Crippen MR) is 89.9 cm³/mol. The van der Waals surface area contributed by atoms with E-state index >= 15 is 0 Å². The van der Waals surface area contributed by atoms with Crippen molar-refractivity contribution in [2.24, 2.45) is 0 Å². The molecular weight excluding hydrogens is 293 g/mol. The molecular formula is C19H24FNO2. The summed E-state index contributed by atoms with van der Waals surface area (Å²) in [6.07, 6.45) is 0.328. The lowest BCUT2D eigenvalue weighted by Gasteiger charge is -2.25. The Kier molecular flexibility index (Phi) is 7.04. The van der Waals surface area contributed by atoms with E-state index in [1.54, 1.807) is 12.1 Å². The largest absolute Gasteiger partial charge is 0.491 e. The van der Waals surface area contributed by atoms with Crippen molar-refractivity contribution in [3.8, 4) is 5.75 Å². The van der Waals surface area contributed by atoms with Crippen LogP contribution in [0.2, 0.25) is 0 Å². The molecule has 1 atom stereocenters. The Labute approximate surface area is 137 Å². The molecule has 0 amide bonds. The lowest BCUT2D eigenvalue weighted by molar-refractivity contribution is 0.0652. The molecule has 0 aromatic heterocycles. The first-order chi connectivity index (χ1) is 11.2. The van der Waals surface area contributed by atoms with Crippen molar-refractivity contribution < 1.29 is 14.2 Å². The van der Waals surface area contributed by atoms with Crippen LogP contribution in [0.1, 0.15) is 18.9 Å². The number of aliphatic hydroxyl groups is 1. The molecule has 0 aliphatic heterocycles. The predicted octanol–water partition coefficient (Wildman–Crippen LogP) is 3.48. The summed E-state index contributed by atoms with van der Waals surface area (Å²) in [5.74, 6) is 0.534. The maximum atomic E-state index is 13.8. The highest BCUT2D eigenvalue weighted by Crippen LogP contribution is 2.12. The van der Waals surface area contributed by atoms with E-state index < -0.39 is 6.10 Å². The minimum Gasteiger partial charge on any atom is -0.491 e. The van der Waals surface area contributed by atoms with Crippen LogP contribution in [0.5, 0.6) is 5.75 Å². The summed E-state index contributed by atoms with van der Waals surface area (Å²) in [5, 5.41) is 10.2. The van der Waals surface area contributed by atoms with Gasteiger partial charge in [0.05, 0.1) is 0 Å². The van der Waals surface area contributed by atoms with Crippen molar-refractivity contribution in [2.45, 2.75) is 26.0 Å². The maximum absolute atomic E-state index is 13.8. The average Bonchev–Trinajstić information content (AvgIpc) is 2.56. The minimum atomic E-state index is -0.617. The molecule has 2 rings (SSSR count). The standard InChI is InChI=1S/C19H24FNO2/c1-2-12-21(13-16-8-6-7-11-19(16)20)14-17(22)15-23-18-9-4-3-5-10-18/h3-11,17,22H,2,12-15H2,1H3. The Morgan fingerprint density at radius 1 is 1.09 bits per heavy atom. The summed E-state index contributed by atoms with van der Waals surface area (Å²) in [6.45, 7) is 4.04. The van der Waals surface area contributed by atoms with Gasteiger partial charge in [-0.2, -0.15) is 0 Å². The molecule has 0 heterocycles. The molecule has 0 bridgehead atoms. The Morgan fingerprint density at radius 2 is 1.78 bits per heavy atom. The van der Waals surface area contributed by atoms with Gasteiger partial charge >= 0.3 is 0 Å². The lowest BCUT2D eigenvalue weighted by Crippen LogP contribution is -2.36. The van der Waals surface area contributed by atoms with Gasteiger partial charge in [0, 0.05) is 18.7 Å². The summed E-state index contributed by atoms with van der Waals surface area (Å²) in [7, 11) is 0. The quantitative estimate of drug-likeness (QED) is 0.768. The third-order valence-electron chi connectivity index (χ3n) is 3.55. The molecule has 0 fully saturated rings. The zero-order valence-corrected chi connectivity index (χ0v) is 13.5. The number of aliphatic hydroxyl groups excluding tert-OH is 1. The molecule has 0 radical (unpaired) electrons. The third-order valence-corrected chi connectivity index (χ3v) is 3.55. The van der Waals surface area contributed by atoms with Crippen LogP contribution in [0.4, 0.5) is 4.39 Å². The zero-order valence-electron chi connectivity index (χ0n) is 13.5. The first kappa shape index (κ1) is 17.4. The van der Waals surface area contributed by atoms with E-state index in [0.717, 1.165) is 18.7 Å². The molecule has 2 aromatic carbocycles. The second-order valence-electron chi connectivity index (χ2n) is 5.60. The first-order valence-electron chi connectivity index (χ1n) is 8.00. The number of hydrogen-bond acceptors (Lipinski definition) is 3. The molecule has 0 aliphatic carbocycles. The molecule has 1 unspecified atom stereocenters. The van der Waals surface area contributed by atoms with E-state index in [9.17, 15) is 9.50 Å². The summed E-state index contributed by atoms with van der Waals surface area (Å²) in [4.78, 5) is 2.05. The first-order valence-corrected chi connectivity index (χ1v) is 8.00. The molecule has 4 heteroatoms. The normalized spacial score (nSPS) is 12.3. The van der Waals surface area contributed by atoms with Crippen molar-refractivity contribution in [3.63, 3.8) is 0 Å². The number of ether oxygens (including phenoxy) is 1. The van der Waals surface area contributed by atoms with Crippen LogP contribution in [-0.2, 0) is 6.54 Å². The highest BCUT2D eigenvalue weighted by Gasteiger charge is 2.14. The van der Waals surface area contributed by atoms with E-state index in [4.69, 9.17) is 4.74 Å². The third kappa shape index (κ3) is 6.00. The van der Waals surface area contributed by atoms with Crippen LogP contribution in [0.25, 0.3) is 0 Å². The number of nitrogens with zero attached hydrogens (tertiary/aromatic N) is 1. The number of hydrogen-bond donors (Lipinski definition) is 1. The minimum absolute atomic E-state index is 0.205. The number of halogens is 1. The zero-order chi connectivity index (χ0) is 16.5. The molecule has 0 saturated carbocycles. The molecule has 23 heavy (non-hydrogen) atoms. The Morgan fingerprint density at radius 3 is 2.48 bits per heavy atom. The van der Waals surface area contributed by atoms with Crippen molar-refractivity contribution >= 4 is 0 Å². The highest BCUT2D eigenvalue weighted by atomic mass is 19.1. The summed E-state index contributed by atoms with van der Waals surface area (Å²) >= 11 is 0. The van der Waals surface area contributed by atoms with E-state index in [0.29, 0.717) is 18.7 Å². The number of rotatable bonds is 9. The van der Waals surface area contributed by atoms with Gasteiger partial charge in [0.1, 0.15) is 24.3 Å². The van der Waals surface area contributed by atoms with Gasteiger partial charge in [0.25, 0.3) is 0 Å². The van der Waals surface area contributed by atoms with Gasteiger partial charge in [0.15, 0.2) is 0 Å². The van der Waals surface area contributed by atoms with Gasteiger partial charge in [-0.15, -0.1) is 0 Å². The molecule has 124 valence electrons. The van der Waals surface area contributed by atoms with Crippen LogP contribution in [0.3, 0.4) is 0 Å². The van der Waals surface area contributed by atoms with Crippen LogP contribution in [-0.4, -0.2) is 35.8 Å². The van der Waals surface area contributed by atoms with Crippen molar-refractivity contribution in [3.05, 3.63) is 66.0 Å². The van der Waals surface area contributed by atoms with Crippen LogP contribution < -0.4 is 4.74 Å².